The first kappa shape index (κ1) is 17.2. The van der Waals surface area contributed by atoms with E-state index in [1.54, 1.807) is 11.0 Å². The largest absolute Gasteiger partial charge is 0.332 e. The maximum absolute atomic E-state index is 13.3. The zero-order valence-corrected chi connectivity index (χ0v) is 15.5. The first-order valence-corrected chi connectivity index (χ1v) is 10.4. The topological polar surface area (TPSA) is 90.6 Å². The van der Waals surface area contributed by atoms with Gasteiger partial charge in [-0.3, -0.25) is 14.5 Å². The minimum Gasteiger partial charge on any atom is -0.332 e. The van der Waals surface area contributed by atoms with Gasteiger partial charge in [0.2, 0.25) is 5.56 Å². The monoisotopic (exact) mass is 375 g/mol. The zero-order valence-electron chi connectivity index (χ0n) is 14.7. The number of fused-ring (bicyclic) bond motifs is 2. The molecule has 4 rings (SSSR count). The summed E-state index contributed by atoms with van der Waals surface area (Å²) in [6.45, 7) is 2.99. The lowest BCUT2D eigenvalue weighted by Crippen LogP contribution is -2.59. The summed E-state index contributed by atoms with van der Waals surface area (Å²) < 4.78 is 24.3. The Morgan fingerprint density at radius 2 is 1.88 bits per heavy atom. The quantitative estimate of drug-likeness (QED) is 0.779. The number of aromatic amines is 1. The Hall–Kier alpha value is -2.19. The molecule has 3 heterocycles. The lowest BCUT2D eigenvalue weighted by atomic mass is 10.0. The molecular formula is C18H21N3O4S. The van der Waals surface area contributed by atoms with Crippen LogP contribution in [0.25, 0.3) is 10.9 Å². The van der Waals surface area contributed by atoms with Crippen LogP contribution in [0.3, 0.4) is 0 Å². The van der Waals surface area contributed by atoms with E-state index in [-0.39, 0.29) is 35.1 Å². The number of amides is 1. The maximum atomic E-state index is 13.3. The van der Waals surface area contributed by atoms with Crippen LogP contribution in [-0.4, -0.2) is 72.8 Å². The Bertz CT molecular complexity index is 1060. The second kappa shape index (κ2) is 5.92. The first-order valence-electron chi connectivity index (χ1n) is 8.60. The van der Waals surface area contributed by atoms with Crippen molar-refractivity contribution in [1.29, 1.82) is 0 Å². The van der Waals surface area contributed by atoms with E-state index in [0.29, 0.717) is 29.6 Å². The van der Waals surface area contributed by atoms with Crippen molar-refractivity contribution in [2.75, 3.05) is 31.6 Å². The standard InChI is InChI=1S/C18H21N3O4S/c1-11-3-4-14-12(7-11)13(8-17(22)19-14)18(23)21-6-5-20(2)15-9-26(24,25)10-16(15)21/h3-4,7-8,15-16H,5-6,9-10H2,1-2H3,(H,19,22)/t15-,16+/m1/s1. The lowest BCUT2D eigenvalue weighted by molar-refractivity contribution is 0.0411. The summed E-state index contributed by atoms with van der Waals surface area (Å²) in [5, 5.41) is 0.686. The van der Waals surface area contributed by atoms with E-state index in [1.807, 2.05) is 31.0 Å². The fraction of sp³-hybridized carbons (Fsp3) is 0.444. The molecule has 2 aliphatic rings. The smallest absolute Gasteiger partial charge is 0.255 e. The van der Waals surface area contributed by atoms with Crippen molar-refractivity contribution in [2.45, 2.75) is 19.0 Å². The number of likely N-dealkylation sites (N-methyl/N-ethyl adjacent to an activating group) is 1. The highest BCUT2D eigenvalue weighted by atomic mass is 32.2. The summed E-state index contributed by atoms with van der Waals surface area (Å²) in [7, 11) is -1.28. The number of piperazine rings is 1. The molecule has 0 aliphatic carbocycles. The predicted octanol–water partition coefficient (Wildman–Crippen LogP) is 0.390. The molecule has 7 nitrogen and oxygen atoms in total. The highest BCUT2D eigenvalue weighted by Gasteiger charge is 2.47. The Kier molecular flexibility index (Phi) is 3.92. The highest BCUT2D eigenvalue weighted by Crippen LogP contribution is 2.28. The van der Waals surface area contributed by atoms with Crippen molar-refractivity contribution in [3.05, 3.63) is 45.7 Å². The maximum Gasteiger partial charge on any atom is 0.255 e. The number of nitrogens with zero attached hydrogens (tertiary/aromatic N) is 2. The number of pyridine rings is 1. The van der Waals surface area contributed by atoms with Gasteiger partial charge in [-0.2, -0.15) is 0 Å². The van der Waals surface area contributed by atoms with Gasteiger partial charge in [0.1, 0.15) is 0 Å². The number of carbonyl (C=O) groups is 1. The van der Waals surface area contributed by atoms with Gasteiger partial charge in [-0.25, -0.2) is 8.42 Å². The van der Waals surface area contributed by atoms with Gasteiger partial charge >= 0.3 is 0 Å². The molecule has 2 fully saturated rings. The Morgan fingerprint density at radius 1 is 1.15 bits per heavy atom. The van der Waals surface area contributed by atoms with Crippen LogP contribution in [0, 0.1) is 6.92 Å². The minimum atomic E-state index is -3.17. The van der Waals surface area contributed by atoms with Crippen LogP contribution in [0.1, 0.15) is 15.9 Å². The predicted molar refractivity (Wildman–Crippen MR) is 99.2 cm³/mol. The average molecular weight is 375 g/mol. The normalized spacial score (nSPS) is 25.4. The van der Waals surface area contributed by atoms with E-state index in [1.165, 1.54) is 6.07 Å². The number of aromatic nitrogens is 1. The number of sulfone groups is 1. The molecule has 0 radical (unpaired) electrons. The van der Waals surface area contributed by atoms with Crippen LogP contribution in [0.4, 0.5) is 0 Å². The number of benzene rings is 1. The van der Waals surface area contributed by atoms with Crippen LogP contribution in [0.15, 0.2) is 29.1 Å². The summed E-state index contributed by atoms with van der Waals surface area (Å²) in [6.07, 6.45) is 0. The summed E-state index contributed by atoms with van der Waals surface area (Å²) in [6, 6.07) is 6.30. The molecule has 2 saturated heterocycles. The Balaban J connectivity index is 1.80. The first-order chi connectivity index (χ1) is 12.2. The molecule has 2 aromatic rings. The van der Waals surface area contributed by atoms with Crippen LogP contribution >= 0.6 is 0 Å². The van der Waals surface area contributed by atoms with Gasteiger partial charge in [-0.1, -0.05) is 11.6 Å². The van der Waals surface area contributed by atoms with E-state index in [4.69, 9.17) is 0 Å². The third-order valence-electron chi connectivity index (χ3n) is 5.44. The molecule has 138 valence electrons. The molecule has 1 amide bonds. The zero-order chi connectivity index (χ0) is 18.6. The van der Waals surface area contributed by atoms with Crippen LogP contribution in [0.2, 0.25) is 0 Å². The van der Waals surface area contributed by atoms with E-state index < -0.39 is 9.84 Å². The van der Waals surface area contributed by atoms with E-state index in [9.17, 15) is 18.0 Å². The Labute approximate surface area is 151 Å². The second-order valence-corrected chi connectivity index (χ2v) is 9.44. The van der Waals surface area contributed by atoms with Gasteiger partial charge < -0.3 is 9.88 Å². The van der Waals surface area contributed by atoms with Gasteiger partial charge in [0.25, 0.3) is 5.91 Å². The van der Waals surface area contributed by atoms with Crippen molar-refractivity contribution in [2.24, 2.45) is 0 Å². The molecule has 8 heteroatoms. The number of aryl methyl sites for hydroxylation is 1. The number of H-pyrrole nitrogens is 1. The molecule has 0 bridgehead atoms. The van der Waals surface area contributed by atoms with Gasteiger partial charge in [0.05, 0.1) is 23.1 Å². The summed E-state index contributed by atoms with van der Waals surface area (Å²) in [5.74, 6) is -0.215. The molecule has 1 aromatic carbocycles. The van der Waals surface area contributed by atoms with E-state index >= 15 is 0 Å². The second-order valence-electron chi connectivity index (χ2n) is 7.29. The molecule has 0 spiro atoms. The number of nitrogens with one attached hydrogen (secondary N) is 1. The molecule has 0 unspecified atom stereocenters. The summed E-state index contributed by atoms with van der Waals surface area (Å²) in [5.41, 5.74) is 1.59. The number of carbonyl (C=O) groups excluding carboxylic acids is 1. The van der Waals surface area contributed by atoms with Crippen LogP contribution < -0.4 is 5.56 Å². The third-order valence-corrected chi connectivity index (χ3v) is 7.14. The summed E-state index contributed by atoms with van der Waals surface area (Å²) in [4.78, 5) is 31.7. The SMILES string of the molecule is Cc1ccc2[nH]c(=O)cc(C(=O)N3CCN(C)[C@@H]4CS(=O)(=O)C[C@@H]43)c2c1. The molecule has 2 atom stereocenters. The van der Waals surface area contributed by atoms with Gasteiger partial charge in [0, 0.05) is 36.1 Å². The van der Waals surface area contributed by atoms with Crippen LogP contribution in [0.5, 0.6) is 0 Å². The van der Waals surface area contributed by atoms with Crippen LogP contribution in [-0.2, 0) is 9.84 Å². The lowest BCUT2D eigenvalue weighted by Gasteiger charge is -2.42. The van der Waals surface area contributed by atoms with Crippen molar-refractivity contribution in [1.82, 2.24) is 14.8 Å². The number of hydrogen-bond donors (Lipinski definition) is 1. The third kappa shape index (κ3) is 2.83. The highest BCUT2D eigenvalue weighted by molar-refractivity contribution is 7.91. The molecular weight excluding hydrogens is 354 g/mol. The van der Waals surface area contributed by atoms with Gasteiger partial charge in [0.15, 0.2) is 9.84 Å². The van der Waals surface area contributed by atoms with Crippen molar-refractivity contribution < 1.29 is 13.2 Å². The Morgan fingerprint density at radius 3 is 2.65 bits per heavy atom. The fourth-order valence-corrected chi connectivity index (χ4v) is 6.13. The number of rotatable bonds is 1. The fourth-order valence-electron chi connectivity index (χ4n) is 4.08. The molecule has 26 heavy (non-hydrogen) atoms. The van der Waals surface area contributed by atoms with Crippen molar-refractivity contribution in [3.8, 4) is 0 Å². The van der Waals surface area contributed by atoms with Gasteiger partial charge in [-0.15, -0.1) is 0 Å². The molecule has 0 saturated carbocycles. The van der Waals surface area contributed by atoms with Gasteiger partial charge in [-0.05, 0) is 26.1 Å². The molecule has 1 aromatic heterocycles. The van der Waals surface area contributed by atoms with Crippen molar-refractivity contribution >= 4 is 26.6 Å². The summed E-state index contributed by atoms with van der Waals surface area (Å²) >= 11 is 0. The van der Waals surface area contributed by atoms with Crippen molar-refractivity contribution in [3.63, 3.8) is 0 Å². The average Bonchev–Trinajstić information content (AvgIpc) is 2.90. The van der Waals surface area contributed by atoms with E-state index in [0.717, 1.165) is 5.56 Å². The van der Waals surface area contributed by atoms with E-state index in [2.05, 4.69) is 4.98 Å². The molecule has 2 aliphatic heterocycles. The number of hydrogen-bond acceptors (Lipinski definition) is 5. The molecule has 1 N–H and O–H groups in total. The minimum absolute atomic E-state index is 0.0199.